The zero-order valence-electron chi connectivity index (χ0n) is 15.8. The van der Waals surface area contributed by atoms with Crippen molar-refractivity contribution in [1.29, 1.82) is 0 Å². The maximum atomic E-state index is 12.2. The van der Waals surface area contributed by atoms with E-state index in [0.29, 0.717) is 18.7 Å². The smallest absolute Gasteiger partial charge is 0.227 e. The highest BCUT2D eigenvalue weighted by atomic mass is 35.5. The molecule has 1 fully saturated rings. The molecular formula is C20H27ClN4O2. The zero-order chi connectivity index (χ0) is 19.1. The van der Waals surface area contributed by atoms with E-state index in [1.807, 2.05) is 12.1 Å². The Morgan fingerprint density at radius 3 is 2.70 bits per heavy atom. The van der Waals surface area contributed by atoms with Crippen molar-refractivity contribution in [2.45, 2.75) is 58.0 Å². The minimum absolute atomic E-state index is 0.0568. The summed E-state index contributed by atoms with van der Waals surface area (Å²) in [7, 11) is 0. The first kappa shape index (κ1) is 19.8. The molecule has 0 spiro atoms. The molecule has 2 aromatic rings. The predicted molar refractivity (Wildman–Crippen MR) is 105 cm³/mol. The third-order valence-electron chi connectivity index (χ3n) is 4.82. The van der Waals surface area contributed by atoms with Gasteiger partial charge >= 0.3 is 0 Å². The van der Waals surface area contributed by atoms with Crippen LogP contribution in [0.1, 0.15) is 49.9 Å². The quantitative estimate of drug-likeness (QED) is 0.748. The summed E-state index contributed by atoms with van der Waals surface area (Å²) in [5, 5.41) is 7.82. The summed E-state index contributed by atoms with van der Waals surface area (Å²) < 4.78 is 5.18. The van der Waals surface area contributed by atoms with E-state index in [0.717, 1.165) is 56.2 Å². The number of nitrogens with zero attached hydrogens (tertiary/aromatic N) is 3. The Morgan fingerprint density at radius 1 is 1.26 bits per heavy atom. The molecule has 0 radical (unpaired) electrons. The fourth-order valence-corrected chi connectivity index (χ4v) is 3.45. The molecule has 3 rings (SSSR count). The summed E-state index contributed by atoms with van der Waals surface area (Å²) in [5.41, 5.74) is 1.27. The molecule has 146 valence electrons. The molecule has 0 unspecified atom stereocenters. The Morgan fingerprint density at radius 2 is 2.00 bits per heavy atom. The lowest BCUT2D eigenvalue weighted by Gasteiger charge is -2.32. The number of benzene rings is 1. The van der Waals surface area contributed by atoms with E-state index in [1.165, 1.54) is 5.56 Å². The van der Waals surface area contributed by atoms with Crippen LogP contribution < -0.4 is 5.32 Å². The van der Waals surface area contributed by atoms with Crippen molar-refractivity contribution in [1.82, 2.24) is 20.4 Å². The second-order valence-corrected chi connectivity index (χ2v) is 7.54. The van der Waals surface area contributed by atoms with Crippen LogP contribution in [-0.2, 0) is 24.2 Å². The number of rotatable bonds is 8. The lowest BCUT2D eigenvalue weighted by molar-refractivity contribution is -0.122. The van der Waals surface area contributed by atoms with Gasteiger partial charge in [-0.2, -0.15) is 4.98 Å². The van der Waals surface area contributed by atoms with Gasteiger partial charge in [-0.15, -0.1) is 0 Å². The molecule has 0 atom stereocenters. The molecule has 1 saturated heterocycles. The number of amides is 1. The van der Waals surface area contributed by atoms with Gasteiger partial charge in [0.2, 0.25) is 11.8 Å². The Bertz CT molecular complexity index is 724. The molecule has 0 aliphatic carbocycles. The molecule has 1 aromatic heterocycles. The van der Waals surface area contributed by atoms with Crippen LogP contribution in [0.2, 0.25) is 5.02 Å². The van der Waals surface area contributed by atoms with E-state index in [1.54, 1.807) is 0 Å². The van der Waals surface area contributed by atoms with Gasteiger partial charge in [0.05, 0.1) is 0 Å². The summed E-state index contributed by atoms with van der Waals surface area (Å²) >= 11 is 5.93. The summed E-state index contributed by atoms with van der Waals surface area (Å²) in [6, 6.07) is 8.24. The minimum Gasteiger partial charge on any atom is -0.353 e. The van der Waals surface area contributed by atoms with Crippen molar-refractivity contribution in [2.24, 2.45) is 0 Å². The van der Waals surface area contributed by atoms with Crippen LogP contribution in [0.4, 0.5) is 0 Å². The number of likely N-dealkylation sites (tertiary alicyclic amines) is 1. The van der Waals surface area contributed by atoms with Crippen molar-refractivity contribution in [3.8, 4) is 0 Å². The summed E-state index contributed by atoms with van der Waals surface area (Å²) in [4.78, 5) is 18.9. The van der Waals surface area contributed by atoms with Gasteiger partial charge in [-0.1, -0.05) is 35.8 Å². The van der Waals surface area contributed by atoms with Crippen molar-refractivity contribution in [3.05, 3.63) is 46.6 Å². The highest BCUT2D eigenvalue weighted by Gasteiger charge is 2.21. The predicted octanol–water partition coefficient (Wildman–Crippen LogP) is 3.39. The van der Waals surface area contributed by atoms with Gasteiger partial charge in [-0.3, -0.25) is 9.69 Å². The molecule has 0 saturated carbocycles. The number of aromatic nitrogens is 2. The standard InChI is InChI=1S/C20H27ClN4O2/c1-2-3-18-23-20(27-24-18)9-8-19(26)22-17-10-12-25(13-11-17)14-15-4-6-16(21)7-5-15/h4-7,17H,2-3,8-14H2,1H3,(H,22,26). The largest absolute Gasteiger partial charge is 0.353 e. The zero-order valence-corrected chi connectivity index (χ0v) is 16.5. The Kier molecular flexibility index (Phi) is 7.24. The van der Waals surface area contributed by atoms with E-state index in [4.69, 9.17) is 16.1 Å². The number of hydrogen-bond donors (Lipinski definition) is 1. The third-order valence-corrected chi connectivity index (χ3v) is 5.07. The first-order valence-electron chi connectivity index (χ1n) is 9.70. The molecule has 6 nitrogen and oxygen atoms in total. The third kappa shape index (κ3) is 6.33. The van der Waals surface area contributed by atoms with Crippen LogP contribution in [0.25, 0.3) is 0 Å². The van der Waals surface area contributed by atoms with Crippen LogP contribution in [0.5, 0.6) is 0 Å². The van der Waals surface area contributed by atoms with Crippen molar-refractivity contribution in [2.75, 3.05) is 13.1 Å². The van der Waals surface area contributed by atoms with Gasteiger partial charge < -0.3 is 9.84 Å². The fraction of sp³-hybridized carbons (Fsp3) is 0.550. The topological polar surface area (TPSA) is 71.3 Å². The summed E-state index contributed by atoms with van der Waals surface area (Å²) in [6.07, 6.45) is 4.62. The van der Waals surface area contributed by atoms with Crippen molar-refractivity contribution >= 4 is 17.5 Å². The first-order chi connectivity index (χ1) is 13.1. The number of carbonyl (C=O) groups is 1. The lowest BCUT2D eigenvalue weighted by atomic mass is 10.0. The fourth-order valence-electron chi connectivity index (χ4n) is 3.32. The van der Waals surface area contributed by atoms with E-state index in [-0.39, 0.29) is 11.9 Å². The maximum absolute atomic E-state index is 12.2. The molecule has 7 heteroatoms. The summed E-state index contributed by atoms with van der Waals surface area (Å²) in [5.74, 6) is 1.33. The number of nitrogens with one attached hydrogen (secondary N) is 1. The molecule has 1 N–H and O–H groups in total. The molecule has 27 heavy (non-hydrogen) atoms. The maximum Gasteiger partial charge on any atom is 0.227 e. The van der Waals surface area contributed by atoms with Gasteiger partial charge in [0.15, 0.2) is 5.82 Å². The molecule has 0 bridgehead atoms. The van der Waals surface area contributed by atoms with Gasteiger partial charge in [0.25, 0.3) is 0 Å². The summed E-state index contributed by atoms with van der Waals surface area (Å²) in [6.45, 7) is 4.97. The Balaban J connectivity index is 1.35. The Labute approximate surface area is 165 Å². The van der Waals surface area contributed by atoms with Crippen molar-refractivity contribution in [3.63, 3.8) is 0 Å². The van der Waals surface area contributed by atoms with E-state index in [9.17, 15) is 4.79 Å². The van der Waals surface area contributed by atoms with E-state index in [2.05, 4.69) is 39.4 Å². The number of hydrogen-bond acceptors (Lipinski definition) is 5. The van der Waals surface area contributed by atoms with E-state index < -0.39 is 0 Å². The first-order valence-corrected chi connectivity index (χ1v) is 10.1. The number of piperidine rings is 1. The molecule has 1 aliphatic rings. The SMILES string of the molecule is CCCc1noc(CCC(=O)NC2CCN(Cc3ccc(Cl)cc3)CC2)n1. The van der Waals surface area contributed by atoms with Gasteiger partial charge in [0.1, 0.15) is 0 Å². The minimum atomic E-state index is 0.0568. The molecule has 1 aromatic carbocycles. The normalized spacial score (nSPS) is 15.8. The van der Waals surface area contributed by atoms with Crippen LogP contribution in [0, 0.1) is 0 Å². The second kappa shape index (κ2) is 9.85. The number of carbonyl (C=O) groups excluding carboxylic acids is 1. The second-order valence-electron chi connectivity index (χ2n) is 7.10. The van der Waals surface area contributed by atoms with Gasteiger partial charge in [-0.05, 0) is 37.0 Å². The van der Waals surface area contributed by atoms with Crippen LogP contribution in [-0.4, -0.2) is 40.1 Å². The van der Waals surface area contributed by atoms with Gasteiger partial charge in [0, 0.05) is 50.0 Å². The molecule has 2 heterocycles. The molecular weight excluding hydrogens is 364 g/mol. The average Bonchev–Trinajstić information content (AvgIpc) is 3.11. The van der Waals surface area contributed by atoms with Crippen LogP contribution >= 0.6 is 11.6 Å². The molecule has 1 aliphatic heterocycles. The van der Waals surface area contributed by atoms with E-state index >= 15 is 0 Å². The van der Waals surface area contributed by atoms with Crippen LogP contribution in [0.3, 0.4) is 0 Å². The highest BCUT2D eigenvalue weighted by Crippen LogP contribution is 2.16. The number of halogens is 1. The van der Waals surface area contributed by atoms with Gasteiger partial charge in [-0.25, -0.2) is 0 Å². The monoisotopic (exact) mass is 390 g/mol. The lowest BCUT2D eigenvalue weighted by Crippen LogP contribution is -2.44. The Hall–Kier alpha value is -1.92. The van der Waals surface area contributed by atoms with Crippen LogP contribution in [0.15, 0.2) is 28.8 Å². The number of aryl methyl sites for hydroxylation is 2. The van der Waals surface area contributed by atoms with Crippen molar-refractivity contribution < 1.29 is 9.32 Å². The average molecular weight is 391 g/mol. The highest BCUT2D eigenvalue weighted by molar-refractivity contribution is 6.30. The molecule has 1 amide bonds.